The summed E-state index contributed by atoms with van der Waals surface area (Å²) in [6.07, 6.45) is 0.897. The standard InChI is InChI=1S/C18H30O2Si/c1-8-16(15-12-10-9-11-13-15)17(20-21(5,6)7)19-14-18(2,3)4/h9-13H,8,14H2,1-7H3/b17-16-. The van der Waals surface area contributed by atoms with Crippen LogP contribution in [-0.4, -0.2) is 14.9 Å². The van der Waals surface area contributed by atoms with Crippen LogP contribution in [0.15, 0.2) is 36.3 Å². The number of ether oxygens (including phenoxy) is 1. The van der Waals surface area contributed by atoms with E-state index in [0.717, 1.165) is 17.9 Å². The van der Waals surface area contributed by atoms with Crippen molar-refractivity contribution < 1.29 is 9.16 Å². The maximum absolute atomic E-state index is 6.24. The van der Waals surface area contributed by atoms with Crippen LogP contribution in [-0.2, 0) is 9.16 Å². The molecule has 1 aromatic carbocycles. The van der Waals surface area contributed by atoms with E-state index in [1.165, 1.54) is 5.56 Å². The van der Waals surface area contributed by atoms with Gasteiger partial charge in [-0.2, -0.15) is 0 Å². The van der Waals surface area contributed by atoms with Gasteiger partial charge in [0.05, 0.1) is 6.61 Å². The summed E-state index contributed by atoms with van der Waals surface area (Å²) < 4.78 is 12.3. The van der Waals surface area contributed by atoms with E-state index in [-0.39, 0.29) is 5.41 Å². The van der Waals surface area contributed by atoms with Gasteiger partial charge in [0.1, 0.15) is 0 Å². The zero-order valence-electron chi connectivity index (χ0n) is 14.6. The Hall–Kier alpha value is -1.22. The molecule has 21 heavy (non-hydrogen) atoms. The molecule has 0 aliphatic rings. The lowest BCUT2D eigenvalue weighted by molar-refractivity contribution is 0.0570. The Morgan fingerprint density at radius 1 is 1.05 bits per heavy atom. The highest BCUT2D eigenvalue weighted by atomic mass is 28.4. The molecule has 0 bridgehead atoms. The molecule has 0 atom stereocenters. The van der Waals surface area contributed by atoms with Gasteiger partial charge >= 0.3 is 0 Å². The Morgan fingerprint density at radius 3 is 2.05 bits per heavy atom. The van der Waals surface area contributed by atoms with Gasteiger partial charge in [0, 0.05) is 5.57 Å². The fourth-order valence-corrected chi connectivity index (χ4v) is 2.58. The van der Waals surface area contributed by atoms with Crippen molar-refractivity contribution in [3.63, 3.8) is 0 Å². The lowest BCUT2D eigenvalue weighted by Crippen LogP contribution is -2.27. The van der Waals surface area contributed by atoms with Crippen molar-refractivity contribution in [2.75, 3.05) is 6.61 Å². The summed E-state index contributed by atoms with van der Waals surface area (Å²) in [6.45, 7) is 15.9. The predicted octanol–water partition coefficient (Wildman–Crippen LogP) is 5.68. The van der Waals surface area contributed by atoms with Gasteiger partial charge in [0.2, 0.25) is 8.32 Å². The third kappa shape index (κ3) is 6.85. The van der Waals surface area contributed by atoms with Crippen molar-refractivity contribution in [1.82, 2.24) is 0 Å². The Morgan fingerprint density at radius 2 is 1.62 bits per heavy atom. The molecule has 0 radical (unpaired) electrons. The average Bonchev–Trinajstić information content (AvgIpc) is 2.35. The van der Waals surface area contributed by atoms with Crippen LogP contribution in [0.5, 0.6) is 0 Å². The number of benzene rings is 1. The first-order valence-electron chi connectivity index (χ1n) is 7.73. The lowest BCUT2D eigenvalue weighted by Gasteiger charge is -2.27. The topological polar surface area (TPSA) is 18.5 Å². The quantitative estimate of drug-likeness (QED) is 0.497. The van der Waals surface area contributed by atoms with E-state index in [2.05, 4.69) is 71.6 Å². The first-order chi connectivity index (χ1) is 9.62. The molecule has 0 heterocycles. The molecule has 3 heteroatoms. The smallest absolute Gasteiger partial charge is 0.269 e. The Labute approximate surface area is 131 Å². The van der Waals surface area contributed by atoms with Gasteiger partial charge in [0.15, 0.2) is 0 Å². The minimum absolute atomic E-state index is 0.115. The molecule has 118 valence electrons. The maximum atomic E-state index is 6.24. The van der Waals surface area contributed by atoms with Crippen molar-refractivity contribution in [3.05, 3.63) is 41.8 Å². The Bertz CT molecular complexity index is 464. The second kappa shape index (κ2) is 7.17. The number of rotatable bonds is 6. The summed E-state index contributed by atoms with van der Waals surface area (Å²) in [7, 11) is -1.71. The molecule has 0 aliphatic heterocycles. The van der Waals surface area contributed by atoms with Crippen molar-refractivity contribution in [2.45, 2.75) is 53.8 Å². The van der Waals surface area contributed by atoms with E-state index >= 15 is 0 Å². The molecular weight excluding hydrogens is 276 g/mol. The van der Waals surface area contributed by atoms with Gasteiger partial charge < -0.3 is 9.16 Å². The zero-order chi connectivity index (χ0) is 16.1. The van der Waals surface area contributed by atoms with E-state index in [1.807, 2.05) is 6.07 Å². The molecule has 0 spiro atoms. The monoisotopic (exact) mass is 306 g/mol. The number of allylic oxidation sites excluding steroid dienone is 1. The van der Waals surface area contributed by atoms with Crippen LogP contribution in [0, 0.1) is 5.41 Å². The van der Waals surface area contributed by atoms with Crippen LogP contribution < -0.4 is 0 Å². The summed E-state index contributed by atoms with van der Waals surface area (Å²) in [5.74, 6) is 0.720. The molecular formula is C18H30O2Si. The average molecular weight is 307 g/mol. The van der Waals surface area contributed by atoms with Crippen LogP contribution in [0.1, 0.15) is 39.7 Å². The van der Waals surface area contributed by atoms with E-state index in [4.69, 9.17) is 9.16 Å². The molecule has 0 N–H and O–H groups in total. The van der Waals surface area contributed by atoms with Crippen LogP contribution in [0.3, 0.4) is 0 Å². The highest BCUT2D eigenvalue weighted by molar-refractivity contribution is 6.70. The largest absolute Gasteiger partial charge is 0.519 e. The second-order valence-corrected chi connectivity index (χ2v) is 12.0. The minimum Gasteiger partial charge on any atom is -0.519 e. The number of hydrogen-bond donors (Lipinski definition) is 0. The summed E-state index contributed by atoms with van der Waals surface area (Å²) in [4.78, 5) is 0. The molecule has 0 unspecified atom stereocenters. The van der Waals surface area contributed by atoms with E-state index in [9.17, 15) is 0 Å². The van der Waals surface area contributed by atoms with Crippen molar-refractivity contribution in [2.24, 2.45) is 5.41 Å². The summed E-state index contributed by atoms with van der Waals surface area (Å²) in [5, 5.41) is 0. The molecule has 0 saturated heterocycles. The lowest BCUT2D eigenvalue weighted by atomic mass is 9.98. The first-order valence-corrected chi connectivity index (χ1v) is 11.1. The first kappa shape index (κ1) is 17.8. The molecule has 0 amide bonds. The number of hydrogen-bond acceptors (Lipinski definition) is 2. The highest BCUT2D eigenvalue weighted by Crippen LogP contribution is 2.28. The van der Waals surface area contributed by atoms with Gasteiger partial charge in [-0.25, -0.2) is 0 Å². The van der Waals surface area contributed by atoms with Crippen LogP contribution >= 0.6 is 0 Å². The third-order valence-corrected chi connectivity index (χ3v) is 3.56. The molecule has 1 aromatic rings. The van der Waals surface area contributed by atoms with Gasteiger partial charge in [-0.1, -0.05) is 58.0 Å². The van der Waals surface area contributed by atoms with Crippen molar-refractivity contribution >= 4 is 13.9 Å². The Balaban J connectivity index is 3.14. The van der Waals surface area contributed by atoms with E-state index in [1.54, 1.807) is 0 Å². The molecule has 0 saturated carbocycles. The van der Waals surface area contributed by atoms with Gasteiger partial charge in [-0.05, 0) is 37.0 Å². The van der Waals surface area contributed by atoms with Crippen molar-refractivity contribution in [3.8, 4) is 0 Å². The van der Waals surface area contributed by atoms with Crippen LogP contribution in [0.25, 0.3) is 5.57 Å². The summed E-state index contributed by atoms with van der Waals surface area (Å²) >= 11 is 0. The summed E-state index contributed by atoms with van der Waals surface area (Å²) in [5.41, 5.74) is 2.45. The van der Waals surface area contributed by atoms with Gasteiger partial charge in [0.25, 0.3) is 5.95 Å². The third-order valence-electron chi connectivity index (χ3n) is 2.76. The molecule has 0 aliphatic carbocycles. The van der Waals surface area contributed by atoms with E-state index in [0.29, 0.717) is 6.61 Å². The van der Waals surface area contributed by atoms with Gasteiger partial charge in [-0.3, -0.25) is 0 Å². The fraction of sp³-hybridized carbons (Fsp3) is 0.556. The summed E-state index contributed by atoms with van der Waals surface area (Å²) in [6, 6.07) is 10.4. The molecule has 0 fully saturated rings. The van der Waals surface area contributed by atoms with Crippen molar-refractivity contribution in [1.29, 1.82) is 0 Å². The maximum Gasteiger partial charge on any atom is 0.269 e. The zero-order valence-corrected chi connectivity index (χ0v) is 15.6. The Kier molecular flexibility index (Phi) is 6.08. The normalized spacial score (nSPS) is 13.7. The van der Waals surface area contributed by atoms with Crippen LogP contribution in [0.4, 0.5) is 0 Å². The fourth-order valence-electron chi connectivity index (χ4n) is 1.84. The van der Waals surface area contributed by atoms with Crippen LogP contribution in [0.2, 0.25) is 19.6 Å². The second-order valence-electron chi connectivity index (χ2n) is 7.55. The predicted molar refractivity (Wildman–Crippen MR) is 93.5 cm³/mol. The SMILES string of the molecule is CC/C(=C(\OCC(C)(C)C)O[Si](C)(C)C)c1ccccc1. The molecule has 1 rings (SSSR count). The van der Waals surface area contributed by atoms with E-state index < -0.39 is 8.32 Å². The minimum atomic E-state index is -1.71. The molecule has 0 aromatic heterocycles. The molecule has 2 nitrogen and oxygen atoms in total. The highest BCUT2D eigenvalue weighted by Gasteiger charge is 2.23. The van der Waals surface area contributed by atoms with Gasteiger partial charge in [-0.15, -0.1) is 0 Å².